The number of aryl methyl sites for hydroxylation is 1. The number of rotatable bonds is 6. The number of amidine groups is 1. The van der Waals surface area contributed by atoms with E-state index >= 15 is 0 Å². The first-order valence-corrected chi connectivity index (χ1v) is 6.81. The van der Waals surface area contributed by atoms with Gasteiger partial charge in [-0.3, -0.25) is 0 Å². The summed E-state index contributed by atoms with van der Waals surface area (Å²) in [6, 6.07) is 5.26. The highest BCUT2D eigenvalue weighted by Crippen LogP contribution is 2.29. The molecule has 1 rings (SSSR count). The maximum absolute atomic E-state index is 11.9. The van der Waals surface area contributed by atoms with Crippen LogP contribution < -0.4 is 11.1 Å². The SMILES string of the molecule is Cc1cc(/C(N)=N/O)ccc1CNCCSC(F)(F)F. The van der Waals surface area contributed by atoms with Gasteiger partial charge in [0.15, 0.2) is 5.84 Å². The lowest BCUT2D eigenvalue weighted by Gasteiger charge is -2.10. The van der Waals surface area contributed by atoms with Crippen LogP contribution in [0.2, 0.25) is 0 Å². The largest absolute Gasteiger partial charge is 0.441 e. The number of nitrogens with zero attached hydrogens (tertiary/aromatic N) is 1. The van der Waals surface area contributed by atoms with E-state index in [1.807, 2.05) is 6.92 Å². The molecule has 4 nitrogen and oxygen atoms in total. The van der Waals surface area contributed by atoms with Crippen LogP contribution in [-0.2, 0) is 6.54 Å². The van der Waals surface area contributed by atoms with Gasteiger partial charge in [0.1, 0.15) is 0 Å². The highest BCUT2D eigenvalue weighted by atomic mass is 32.2. The molecule has 0 amide bonds. The smallest absolute Gasteiger partial charge is 0.409 e. The molecule has 0 fully saturated rings. The minimum Gasteiger partial charge on any atom is -0.409 e. The third kappa shape index (κ3) is 5.70. The predicted octanol–water partition coefficient (Wildman–Crippen LogP) is 2.43. The Bertz CT molecular complexity index is 478. The van der Waals surface area contributed by atoms with Gasteiger partial charge >= 0.3 is 5.51 Å². The van der Waals surface area contributed by atoms with Gasteiger partial charge < -0.3 is 16.3 Å². The van der Waals surface area contributed by atoms with Crippen LogP contribution in [0.4, 0.5) is 13.2 Å². The first-order chi connectivity index (χ1) is 9.33. The minimum absolute atomic E-state index is 0.0224. The van der Waals surface area contributed by atoms with Gasteiger partial charge in [-0.2, -0.15) is 13.2 Å². The lowest BCUT2D eigenvalue weighted by Crippen LogP contribution is -2.19. The summed E-state index contributed by atoms with van der Waals surface area (Å²) in [5, 5.41) is 14.4. The Labute approximate surface area is 119 Å². The molecule has 0 heterocycles. The normalized spacial score (nSPS) is 12.7. The van der Waals surface area contributed by atoms with Crippen molar-refractivity contribution in [2.45, 2.75) is 19.0 Å². The number of benzene rings is 1. The summed E-state index contributed by atoms with van der Waals surface area (Å²) < 4.78 is 35.7. The molecule has 20 heavy (non-hydrogen) atoms. The summed E-state index contributed by atoms with van der Waals surface area (Å²) in [5.41, 5.74) is 3.76. The Kier molecular flexibility index (Phi) is 6.15. The second-order valence-corrected chi connectivity index (χ2v) is 5.26. The zero-order valence-corrected chi connectivity index (χ0v) is 11.7. The van der Waals surface area contributed by atoms with Gasteiger partial charge in [-0.1, -0.05) is 17.3 Å². The molecule has 0 atom stereocenters. The number of hydrogen-bond acceptors (Lipinski definition) is 4. The standard InChI is InChI=1S/C12H16F3N3OS/c1-8-6-9(11(16)18-19)2-3-10(8)7-17-4-5-20-12(13,14)15/h2-3,6,17,19H,4-5,7H2,1H3,(H2,16,18). The first kappa shape index (κ1) is 16.6. The van der Waals surface area contributed by atoms with E-state index in [9.17, 15) is 13.2 Å². The lowest BCUT2D eigenvalue weighted by atomic mass is 10.0. The van der Waals surface area contributed by atoms with Crippen molar-refractivity contribution in [2.75, 3.05) is 12.3 Å². The Morgan fingerprint density at radius 3 is 2.70 bits per heavy atom. The topological polar surface area (TPSA) is 70.6 Å². The van der Waals surface area contributed by atoms with Gasteiger partial charge in [0, 0.05) is 24.4 Å². The molecule has 0 aliphatic heterocycles. The molecule has 1 aromatic carbocycles. The van der Waals surface area contributed by atoms with Gasteiger partial charge in [0.2, 0.25) is 0 Å². The fraction of sp³-hybridized carbons (Fsp3) is 0.417. The van der Waals surface area contributed by atoms with E-state index in [1.54, 1.807) is 18.2 Å². The molecule has 0 radical (unpaired) electrons. The molecule has 0 bridgehead atoms. The number of nitrogens with one attached hydrogen (secondary N) is 1. The number of alkyl halides is 3. The van der Waals surface area contributed by atoms with Crippen molar-refractivity contribution < 1.29 is 18.4 Å². The molecule has 8 heteroatoms. The second-order valence-electron chi connectivity index (χ2n) is 4.10. The second kappa shape index (κ2) is 7.39. The molecule has 0 saturated heterocycles. The minimum atomic E-state index is -4.18. The van der Waals surface area contributed by atoms with Crippen molar-refractivity contribution in [3.05, 3.63) is 34.9 Å². The van der Waals surface area contributed by atoms with Crippen LogP contribution in [0.5, 0.6) is 0 Å². The Hall–Kier alpha value is -1.41. The molecule has 4 N–H and O–H groups in total. The predicted molar refractivity (Wildman–Crippen MR) is 73.9 cm³/mol. The summed E-state index contributed by atoms with van der Waals surface area (Å²) in [7, 11) is 0. The third-order valence-corrected chi connectivity index (χ3v) is 3.34. The molecule has 112 valence electrons. The summed E-state index contributed by atoms with van der Waals surface area (Å²) in [6.07, 6.45) is 0. The van der Waals surface area contributed by atoms with Gasteiger partial charge in [-0.05, 0) is 35.9 Å². The van der Waals surface area contributed by atoms with Crippen molar-refractivity contribution in [3.63, 3.8) is 0 Å². The molecule has 0 aliphatic carbocycles. The molecular formula is C12H16F3N3OS. The molecule has 0 aromatic heterocycles. The molecule has 0 unspecified atom stereocenters. The van der Waals surface area contributed by atoms with Gasteiger partial charge in [0.25, 0.3) is 0 Å². The Morgan fingerprint density at radius 2 is 2.15 bits per heavy atom. The number of thioether (sulfide) groups is 1. The zero-order valence-electron chi connectivity index (χ0n) is 10.9. The molecule has 0 aliphatic rings. The van der Waals surface area contributed by atoms with E-state index in [0.29, 0.717) is 12.1 Å². The van der Waals surface area contributed by atoms with E-state index in [2.05, 4.69) is 10.5 Å². The number of nitrogens with two attached hydrogens (primary N) is 1. The lowest BCUT2D eigenvalue weighted by molar-refractivity contribution is -0.0327. The van der Waals surface area contributed by atoms with Crippen LogP contribution in [0.25, 0.3) is 0 Å². The van der Waals surface area contributed by atoms with Crippen LogP contribution >= 0.6 is 11.8 Å². The Balaban J connectivity index is 2.45. The number of halogens is 3. The van der Waals surface area contributed by atoms with Crippen molar-refractivity contribution in [1.82, 2.24) is 5.32 Å². The monoisotopic (exact) mass is 307 g/mol. The summed E-state index contributed by atoms with van der Waals surface area (Å²) >= 11 is -0.0403. The highest BCUT2D eigenvalue weighted by molar-refractivity contribution is 8.00. The molecule has 0 spiro atoms. The van der Waals surface area contributed by atoms with E-state index in [-0.39, 0.29) is 29.9 Å². The van der Waals surface area contributed by atoms with Crippen LogP contribution in [0.15, 0.2) is 23.4 Å². The molecular weight excluding hydrogens is 291 g/mol. The van der Waals surface area contributed by atoms with Crippen molar-refractivity contribution in [1.29, 1.82) is 0 Å². The van der Waals surface area contributed by atoms with Crippen LogP contribution in [-0.4, -0.2) is 28.8 Å². The highest BCUT2D eigenvalue weighted by Gasteiger charge is 2.27. The molecule has 1 aromatic rings. The van der Waals surface area contributed by atoms with E-state index in [0.717, 1.165) is 11.1 Å². The fourth-order valence-corrected chi connectivity index (χ4v) is 2.05. The number of hydrogen-bond donors (Lipinski definition) is 3. The van der Waals surface area contributed by atoms with Crippen LogP contribution in [0, 0.1) is 6.92 Å². The summed E-state index contributed by atoms with van der Waals surface area (Å²) in [4.78, 5) is 0. The van der Waals surface area contributed by atoms with Crippen molar-refractivity contribution in [3.8, 4) is 0 Å². The fourth-order valence-electron chi connectivity index (χ4n) is 1.57. The van der Waals surface area contributed by atoms with E-state index in [4.69, 9.17) is 10.9 Å². The van der Waals surface area contributed by atoms with E-state index < -0.39 is 5.51 Å². The maximum Gasteiger partial charge on any atom is 0.441 e. The average molecular weight is 307 g/mol. The first-order valence-electron chi connectivity index (χ1n) is 5.82. The number of oxime groups is 1. The van der Waals surface area contributed by atoms with Crippen LogP contribution in [0.1, 0.15) is 16.7 Å². The van der Waals surface area contributed by atoms with Crippen LogP contribution in [0.3, 0.4) is 0 Å². The quantitative estimate of drug-likeness (QED) is 0.248. The van der Waals surface area contributed by atoms with Crippen molar-refractivity contribution in [2.24, 2.45) is 10.9 Å². The summed E-state index contributed by atoms with van der Waals surface area (Å²) in [6.45, 7) is 2.60. The zero-order chi connectivity index (χ0) is 15.2. The third-order valence-electron chi connectivity index (χ3n) is 2.61. The average Bonchev–Trinajstić information content (AvgIpc) is 2.37. The van der Waals surface area contributed by atoms with Gasteiger partial charge in [-0.25, -0.2) is 0 Å². The van der Waals surface area contributed by atoms with E-state index in [1.165, 1.54) is 0 Å². The van der Waals surface area contributed by atoms with Gasteiger partial charge in [0.05, 0.1) is 0 Å². The Morgan fingerprint density at radius 1 is 1.45 bits per heavy atom. The summed E-state index contributed by atoms with van der Waals surface area (Å²) in [5.74, 6) is -0.000671. The van der Waals surface area contributed by atoms with Gasteiger partial charge in [-0.15, -0.1) is 0 Å². The maximum atomic E-state index is 11.9. The molecule has 0 saturated carbocycles. The van der Waals surface area contributed by atoms with Crippen molar-refractivity contribution >= 4 is 17.6 Å².